The number of thiazole rings is 2. The summed E-state index contributed by atoms with van der Waals surface area (Å²) in [7, 11) is 0. The van der Waals surface area contributed by atoms with Crippen LogP contribution in [-0.2, 0) is 9.59 Å². The Labute approximate surface area is 194 Å². The van der Waals surface area contributed by atoms with Gasteiger partial charge in [0.25, 0.3) is 0 Å². The van der Waals surface area contributed by atoms with Crippen molar-refractivity contribution >= 4 is 44.8 Å². The minimum atomic E-state index is -0.0909. The van der Waals surface area contributed by atoms with E-state index >= 15 is 0 Å². The maximum Gasteiger partial charge on any atom is 0.226 e. The highest BCUT2D eigenvalue weighted by molar-refractivity contribution is 7.14. The first kappa shape index (κ1) is 21.9. The third kappa shape index (κ3) is 6.09. The van der Waals surface area contributed by atoms with Gasteiger partial charge in [-0.25, -0.2) is 9.97 Å². The smallest absolute Gasteiger partial charge is 0.226 e. The van der Waals surface area contributed by atoms with Crippen LogP contribution in [0.4, 0.5) is 10.3 Å². The largest absolute Gasteiger partial charge is 0.302 e. The molecule has 0 spiro atoms. The number of nitrogens with zero attached hydrogens (tertiary/aromatic N) is 2. The fourth-order valence-corrected chi connectivity index (χ4v) is 4.55. The summed E-state index contributed by atoms with van der Waals surface area (Å²) in [6.07, 6.45) is 1.96. The van der Waals surface area contributed by atoms with Crippen LogP contribution in [0.2, 0.25) is 0 Å². The highest BCUT2D eigenvalue weighted by Crippen LogP contribution is 2.26. The van der Waals surface area contributed by atoms with Gasteiger partial charge in [0, 0.05) is 34.7 Å². The van der Waals surface area contributed by atoms with Crippen molar-refractivity contribution in [3.05, 3.63) is 71.4 Å². The number of benzene rings is 2. The number of aromatic nitrogens is 2. The van der Waals surface area contributed by atoms with Gasteiger partial charge in [-0.1, -0.05) is 60.7 Å². The van der Waals surface area contributed by atoms with E-state index in [0.29, 0.717) is 35.9 Å². The van der Waals surface area contributed by atoms with E-state index in [0.717, 1.165) is 22.5 Å². The van der Waals surface area contributed by atoms with Crippen LogP contribution in [0.25, 0.3) is 22.5 Å². The van der Waals surface area contributed by atoms with E-state index in [2.05, 4.69) is 20.6 Å². The molecule has 4 aromatic rings. The van der Waals surface area contributed by atoms with Crippen molar-refractivity contribution in [2.75, 3.05) is 10.6 Å². The quantitative estimate of drug-likeness (QED) is 0.296. The molecule has 0 saturated carbocycles. The maximum atomic E-state index is 12.2. The van der Waals surface area contributed by atoms with Gasteiger partial charge in [-0.15, -0.1) is 22.7 Å². The van der Waals surface area contributed by atoms with Crippen molar-refractivity contribution < 1.29 is 9.59 Å². The number of rotatable bonds is 9. The number of unbranched alkanes of at least 4 members (excludes halogenated alkanes) is 1. The molecule has 6 nitrogen and oxygen atoms in total. The van der Waals surface area contributed by atoms with Crippen molar-refractivity contribution in [2.45, 2.75) is 25.7 Å². The minimum Gasteiger partial charge on any atom is -0.302 e. The molecular weight excluding hydrogens is 440 g/mol. The Kier molecular flexibility index (Phi) is 7.37. The topological polar surface area (TPSA) is 84.0 Å². The lowest BCUT2D eigenvalue weighted by molar-refractivity contribution is -0.118. The zero-order valence-corrected chi connectivity index (χ0v) is 18.9. The molecule has 0 bridgehead atoms. The summed E-state index contributed by atoms with van der Waals surface area (Å²) >= 11 is 2.81. The average molecular weight is 463 g/mol. The molecule has 0 unspecified atom stereocenters. The van der Waals surface area contributed by atoms with Gasteiger partial charge in [0.15, 0.2) is 10.3 Å². The number of nitrogens with one attached hydrogen (secondary N) is 2. The van der Waals surface area contributed by atoms with Crippen LogP contribution in [0.15, 0.2) is 71.4 Å². The lowest BCUT2D eigenvalue weighted by Gasteiger charge is -2.03. The van der Waals surface area contributed by atoms with Gasteiger partial charge < -0.3 is 10.6 Å². The highest BCUT2D eigenvalue weighted by Gasteiger charge is 2.10. The molecule has 162 valence electrons. The third-order valence-corrected chi connectivity index (χ3v) is 6.21. The van der Waals surface area contributed by atoms with E-state index in [1.165, 1.54) is 22.7 Å². The number of hydrogen-bond acceptors (Lipinski definition) is 6. The number of hydrogen-bond donors (Lipinski definition) is 2. The fourth-order valence-electron chi connectivity index (χ4n) is 3.08. The van der Waals surface area contributed by atoms with Gasteiger partial charge >= 0.3 is 0 Å². The molecule has 32 heavy (non-hydrogen) atoms. The molecule has 8 heteroatoms. The van der Waals surface area contributed by atoms with Crippen LogP contribution in [0.5, 0.6) is 0 Å². The summed E-state index contributed by atoms with van der Waals surface area (Å²) in [5.41, 5.74) is 3.73. The number of carbonyl (C=O) groups is 2. The molecule has 4 rings (SSSR count). The Hall–Kier alpha value is -3.36. The normalized spacial score (nSPS) is 10.6. The van der Waals surface area contributed by atoms with E-state index in [1.807, 2.05) is 71.4 Å². The molecular formula is C24H22N4O2S2. The first-order valence-corrected chi connectivity index (χ1v) is 12.0. The minimum absolute atomic E-state index is 0.0909. The Balaban J connectivity index is 1.16. The van der Waals surface area contributed by atoms with Crippen molar-refractivity contribution in [1.29, 1.82) is 0 Å². The second-order valence-corrected chi connectivity index (χ2v) is 8.83. The van der Waals surface area contributed by atoms with Crippen LogP contribution in [-0.4, -0.2) is 21.8 Å². The number of amides is 2. The van der Waals surface area contributed by atoms with Crippen molar-refractivity contribution in [2.24, 2.45) is 0 Å². The lowest BCUT2D eigenvalue weighted by Crippen LogP contribution is -2.13. The van der Waals surface area contributed by atoms with E-state index in [9.17, 15) is 9.59 Å². The van der Waals surface area contributed by atoms with Crippen molar-refractivity contribution in [1.82, 2.24) is 9.97 Å². The first-order chi connectivity index (χ1) is 15.7. The van der Waals surface area contributed by atoms with Crippen LogP contribution in [0, 0.1) is 0 Å². The van der Waals surface area contributed by atoms with Crippen molar-refractivity contribution in [3.8, 4) is 22.5 Å². The van der Waals surface area contributed by atoms with Gasteiger partial charge in [-0.05, 0) is 12.8 Å². The third-order valence-electron chi connectivity index (χ3n) is 4.70. The fraction of sp³-hybridized carbons (Fsp3) is 0.167. The van der Waals surface area contributed by atoms with Crippen LogP contribution in [0.3, 0.4) is 0 Å². The zero-order chi connectivity index (χ0) is 22.2. The SMILES string of the molecule is O=C(CCCCC(=O)Nc1nc(-c2ccccc2)cs1)Nc1nc(-c2ccccc2)cs1. The highest BCUT2D eigenvalue weighted by atomic mass is 32.1. The average Bonchev–Trinajstić information content (AvgIpc) is 3.48. The Morgan fingerprint density at radius 1 is 0.656 bits per heavy atom. The molecule has 0 saturated heterocycles. The molecule has 2 aromatic heterocycles. The predicted octanol–water partition coefficient (Wildman–Crippen LogP) is 6.07. The van der Waals surface area contributed by atoms with E-state index < -0.39 is 0 Å². The molecule has 0 aliphatic carbocycles. The predicted molar refractivity (Wildman–Crippen MR) is 131 cm³/mol. The Morgan fingerprint density at radius 2 is 1.06 bits per heavy atom. The number of anilines is 2. The van der Waals surface area contributed by atoms with Gasteiger partial charge in [-0.3, -0.25) is 9.59 Å². The Morgan fingerprint density at radius 3 is 1.47 bits per heavy atom. The Bertz CT molecular complexity index is 1080. The summed E-state index contributed by atoms with van der Waals surface area (Å²) < 4.78 is 0. The summed E-state index contributed by atoms with van der Waals surface area (Å²) in [6.45, 7) is 0. The maximum absolute atomic E-state index is 12.2. The molecule has 2 heterocycles. The lowest BCUT2D eigenvalue weighted by atomic mass is 10.2. The summed E-state index contributed by atoms with van der Waals surface area (Å²) in [6, 6.07) is 19.7. The molecule has 2 amide bonds. The second-order valence-electron chi connectivity index (χ2n) is 7.11. The van der Waals surface area contributed by atoms with E-state index in [-0.39, 0.29) is 11.8 Å². The van der Waals surface area contributed by atoms with Gasteiger partial charge in [0.2, 0.25) is 11.8 Å². The number of carbonyl (C=O) groups excluding carboxylic acids is 2. The molecule has 0 atom stereocenters. The second kappa shape index (κ2) is 10.8. The molecule has 0 aliphatic rings. The van der Waals surface area contributed by atoms with Crippen LogP contribution >= 0.6 is 22.7 Å². The monoisotopic (exact) mass is 462 g/mol. The molecule has 2 N–H and O–H groups in total. The van der Waals surface area contributed by atoms with E-state index in [4.69, 9.17) is 0 Å². The van der Waals surface area contributed by atoms with Gasteiger partial charge in [0.1, 0.15) is 0 Å². The zero-order valence-electron chi connectivity index (χ0n) is 17.3. The van der Waals surface area contributed by atoms with Crippen molar-refractivity contribution in [3.63, 3.8) is 0 Å². The molecule has 0 aliphatic heterocycles. The van der Waals surface area contributed by atoms with Gasteiger partial charge in [-0.2, -0.15) is 0 Å². The molecule has 0 fully saturated rings. The van der Waals surface area contributed by atoms with Crippen LogP contribution in [0.1, 0.15) is 25.7 Å². The molecule has 2 aromatic carbocycles. The van der Waals surface area contributed by atoms with Crippen LogP contribution < -0.4 is 10.6 Å². The summed E-state index contributed by atoms with van der Waals surface area (Å²) in [5, 5.41) is 10.7. The van der Waals surface area contributed by atoms with E-state index in [1.54, 1.807) is 0 Å². The van der Waals surface area contributed by atoms with Gasteiger partial charge in [0.05, 0.1) is 11.4 Å². The summed E-state index contributed by atoms with van der Waals surface area (Å²) in [4.78, 5) is 33.3. The first-order valence-electron chi connectivity index (χ1n) is 10.3. The molecule has 0 radical (unpaired) electrons. The standard InChI is InChI=1S/C24H22N4O2S2/c29-21(27-23-25-19(15-31-23)17-9-3-1-4-10-17)13-7-8-14-22(30)28-24-26-20(16-32-24)18-11-5-2-6-12-18/h1-6,9-12,15-16H,7-8,13-14H2,(H,25,27,29)(H,26,28,30). The summed E-state index contributed by atoms with van der Waals surface area (Å²) in [5.74, 6) is -0.182.